The lowest BCUT2D eigenvalue weighted by Gasteiger charge is -2.28. The normalized spacial score (nSPS) is 32.3. The molecule has 5 atom stereocenters. The van der Waals surface area contributed by atoms with E-state index in [4.69, 9.17) is 23.7 Å². The first-order valence-electron chi connectivity index (χ1n) is 8.16. The zero-order valence-electron chi connectivity index (χ0n) is 14.4. The summed E-state index contributed by atoms with van der Waals surface area (Å²) in [5.74, 6) is -1.55. The summed E-state index contributed by atoms with van der Waals surface area (Å²) in [6.07, 6.45) is -1.81. The van der Waals surface area contributed by atoms with Crippen molar-refractivity contribution < 1.29 is 28.5 Å². The Morgan fingerprint density at radius 1 is 1.25 bits per heavy atom. The van der Waals surface area contributed by atoms with Crippen LogP contribution in [0.15, 0.2) is 30.3 Å². The van der Waals surface area contributed by atoms with Crippen molar-refractivity contribution >= 4 is 5.97 Å². The maximum Gasteiger partial charge on any atom is 0.311 e. The smallest absolute Gasteiger partial charge is 0.311 e. The van der Waals surface area contributed by atoms with Crippen LogP contribution in [-0.2, 0) is 35.1 Å². The lowest BCUT2D eigenvalue weighted by atomic mass is 9.98. The Bertz CT molecular complexity index is 572. The van der Waals surface area contributed by atoms with Crippen LogP contribution in [0, 0.1) is 5.92 Å². The highest BCUT2D eigenvalue weighted by Gasteiger charge is 2.57. The third-order valence-electron chi connectivity index (χ3n) is 4.38. The van der Waals surface area contributed by atoms with Gasteiger partial charge in [-0.3, -0.25) is 4.79 Å². The van der Waals surface area contributed by atoms with Gasteiger partial charge in [-0.25, -0.2) is 0 Å². The fourth-order valence-corrected chi connectivity index (χ4v) is 3.18. The Balaban J connectivity index is 1.75. The van der Waals surface area contributed by atoms with Gasteiger partial charge in [0.1, 0.15) is 18.3 Å². The van der Waals surface area contributed by atoms with E-state index in [-0.39, 0.29) is 12.1 Å². The van der Waals surface area contributed by atoms with E-state index >= 15 is 0 Å². The van der Waals surface area contributed by atoms with Gasteiger partial charge in [0.2, 0.25) is 0 Å². The van der Waals surface area contributed by atoms with Gasteiger partial charge in [-0.05, 0) is 26.3 Å². The molecule has 132 valence electrons. The Hall–Kier alpha value is -1.47. The van der Waals surface area contributed by atoms with Crippen LogP contribution in [0.4, 0.5) is 0 Å². The molecule has 2 aliphatic heterocycles. The molecule has 0 spiro atoms. The number of hydrogen-bond acceptors (Lipinski definition) is 6. The van der Waals surface area contributed by atoms with Crippen molar-refractivity contribution in [3.63, 3.8) is 0 Å². The van der Waals surface area contributed by atoms with Gasteiger partial charge in [-0.1, -0.05) is 30.3 Å². The van der Waals surface area contributed by atoms with Crippen molar-refractivity contribution in [2.24, 2.45) is 5.92 Å². The molecule has 0 amide bonds. The second-order valence-corrected chi connectivity index (χ2v) is 6.64. The number of methoxy groups -OCH3 is 1. The molecule has 0 N–H and O–H groups in total. The van der Waals surface area contributed by atoms with Crippen LogP contribution in [-0.4, -0.2) is 43.5 Å². The van der Waals surface area contributed by atoms with Gasteiger partial charge in [-0.2, -0.15) is 0 Å². The number of esters is 1. The van der Waals surface area contributed by atoms with E-state index in [0.717, 1.165) is 5.56 Å². The molecule has 24 heavy (non-hydrogen) atoms. The average Bonchev–Trinajstić information content (AvgIpc) is 3.04. The van der Waals surface area contributed by atoms with Gasteiger partial charge in [0, 0.05) is 0 Å². The van der Waals surface area contributed by atoms with Crippen molar-refractivity contribution in [2.75, 3.05) is 7.11 Å². The highest BCUT2D eigenvalue weighted by molar-refractivity contribution is 5.72. The molecular formula is C18H24O6. The summed E-state index contributed by atoms with van der Waals surface area (Å²) < 4.78 is 28.6. The minimum Gasteiger partial charge on any atom is -0.469 e. The first-order chi connectivity index (χ1) is 11.4. The molecule has 0 aromatic heterocycles. The Morgan fingerprint density at radius 2 is 1.96 bits per heavy atom. The van der Waals surface area contributed by atoms with Crippen LogP contribution >= 0.6 is 0 Å². The molecule has 0 saturated carbocycles. The SMILES string of the molecule is COC(=O)[C@H](C)[C@H]1O[C@@H]2OC(C)(C)O[C@@H]2[C@H]1OCc1ccccc1. The van der Waals surface area contributed by atoms with Crippen molar-refractivity contribution in [2.45, 2.75) is 57.8 Å². The minimum absolute atomic E-state index is 0.340. The Kier molecular flexibility index (Phi) is 4.92. The quantitative estimate of drug-likeness (QED) is 0.769. The number of hydrogen-bond donors (Lipinski definition) is 0. The standard InChI is InChI=1S/C18H24O6/c1-11(16(19)20-4)13-14(21-10-12-8-6-5-7-9-12)15-17(22-13)24-18(2,3)23-15/h5-9,11,13-15,17H,10H2,1-4H3/t11-,13-,14+,15-,17-/m1/s1. The molecule has 6 nitrogen and oxygen atoms in total. The van der Waals surface area contributed by atoms with Crippen LogP contribution in [0.2, 0.25) is 0 Å². The summed E-state index contributed by atoms with van der Waals surface area (Å²) in [4.78, 5) is 11.9. The first kappa shape index (κ1) is 17.4. The largest absolute Gasteiger partial charge is 0.469 e. The summed E-state index contributed by atoms with van der Waals surface area (Å²) in [7, 11) is 1.37. The second kappa shape index (κ2) is 6.80. The van der Waals surface area contributed by atoms with Gasteiger partial charge in [0.15, 0.2) is 12.1 Å². The van der Waals surface area contributed by atoms with Gasteiger partial charge < -0.3 is 23.7 Å². The Morgan fingerprint density at radius 3 is 2.62 bits per heavy atom. The molecule has 2 heterocycles. The van der Waals surface area contributed by atoms with Gasteiger partial charge in [0.25, 0.3) is 0 Å². The summed E-state index contributed by atoms with van der Waals surface area (Å²) in [5.41, 5.74) is 1.04. The number of carbonyl (C=O) groups is 1. The van der Waals surface area contributed by atoms with E-state index < -0.39 is 30.2 Å². The number of ether oxygens (including phenoxy) is 5. The predicted octanol–water partition coefficient (Wildman–Crippen LogP) is 2.26. The summed E-state index contributed by atoms with van der Waals surface area (Å²) in [6.45, 7) is 5.84. The molecule has 0 aliphatic carbocycles. The molecule has 1 aromatic rings. The summed E-state index contributed by atoms with van der Waals surface area (Å²) in [5, 5.41) is 0. The van der Waals surface area contributed by atoms with Crippen LogP contribution in [0.1, 0.15) is 26.3 Å². The number of fused-ring (bicyclic) bond motifs is 1. The zero-order chi connectivity index (χ0) is 17.3. The fourth-order valence-electron chi connectivity index (χ4n) is 3.18. The lowest BCUT2D eigenvalue weighted by molar-refractivity contribution is -0.225. The topological polar surface area (TPSA) is 63.2 Å². The van der Waals surface area contributed by atoms with Gasteiger partial charge >= 0.3 is 5.97 Å². The van der Waals surface area contributed by atoms with Gasteiger partial charge in [-0.15, -0.1) is 0 Å². The Labute approximate surface area is 142 Å². The third-order valence-corrected chi connectivity index (χ3v) is 4.38. The number of carbonyl (C=O) groups excluding carboxylic acids is 1. The summed E-state index contributed by atoms with van der Waals surface area (Å²) >= 11 is 0. The fraction of sp³-hybridized carbons (Fsp3) is 0.611. The third kappa shape index (κ3) is 3.47. The second-order valence-electron chi connectivity index (χ2n) is 6.64. The molecule has 3 rings (SSSR count). The molecular weight excluding hydrogens is 312 g/mol. The van der Waals surface area contributed by atoms with Crippen molar-refractivity contribution in [1.82, 2.24) is 0 Å². The molecule has 2 saturated heterocycles. The van der Waals surface area contributed by atoms with Crippen LogP contribution in [0.3, 0.4) is 0 Å². The summed E-state index contributed by atoms with van der Waals surface area (Å²) in [6, 6.07) is 9.85. The maximum absolute atomic E-state index is 11.9. The highest BCUT2D eigenvalue weighted by atomic mass is 16.8. The van der Waals surface area contributed by atoms with Crippen LogP contribution in [0.5, 0.6) is 0 Å². The number of benzene rings is 1. The molecule has 0 bridgehead atoms. The molecule has 2 fully saturated rings. The highest BCUT2D eigenvalue weighted by Crippen LogP contribution is 2.41. The lowest BCUT2D eigenvalue weighted by Crippen LogP contribution is -2.42. The van der Waals surface area contributed by atoms with E-state index in [1.807, 2.05) is 44.2 Å². The van der Waals surface area contributed by atoms with Crippen LogP contribution < -0.4 is 0 Å². The predicted molar refractivity (Wildman–Crippen MR) is 84.9 cm³/mol. The molecule has 2 aliphatic rings. The van der Waals surface area contributed by atoms with Crippen molar-refractivity contribution in [1.29, 1.82) is 0 Å². The average molecular weight is 336 g/mol. The molecule has 0 unspecified atom stereocenters. The van der Waals surface area contributed by atoms with E-state index in [9.17, 15) is 4.79 Å². The molecule has 6 heteroatoms. The van der Waals surface area contributed by atoms with E-state index in [1.165, 1.54) is 7.11 Å². The number of rotatable bonds is 5. The van der Waals surface area contributed by atoms with Crippen molar-refractivity contribution in [3.05, 3.63) is 35.9 Å². The molecule has 0 radical (unpaired) electrons. The molecule has 1 aromatic carbocycles. The van der Waals surface area contributed by atoms with Gasteiger partial charge in [0.05, 0.1) is 19.6 Å². The minimum atomic E-state index is -0.733. The van der Waals surface area contributed by atoms with Crippen LogP contribution in [0.25, 0.3) is 0 Å². The van der Waals surface area contributed by atoms with E-state index in [1.54, 1.807) is 6.92 Å². The first-order valence-corrected chi connectivity index (χ1v) is 8.16. The monoisotopic (exact) mass is 336 g/mol. The zero-order valence-corrected chi connectivity index (χ0v) is 14.4. The van der Waals surface area contributed by atoms with E-state index in [2.05, 4.69) is 0 Å². The maximum atomic E-state index is 11.9. The van der Waals surface area contributed by atoms with E-state index in [0.29, 0.717) is 6.61 Å². The van der Waals surface area contributed by atoms with Crippen molar-refractivity contribution in [3.8, 4) is 0 Å².